The van der Waals surface area contributed by atoms with E-state index in [0.29, 0.717) is 18.8 Å². The fraction of sp³-hybridized carbons (Fsp3) is 1.00. The Kier molecular flexibility index (Phi) is 7.50. The molecule has 1 rings (SSSR count). The van der Waals surface area contributed by atoms with Crippen LogP contribution in [-0.4, -0.2) is 87.3 Å². The van der Waals surface area contributed by atoms with E-state index in [1.807, 2.05) is 0 Å². The van der Waals surface area contributed by atoms with Crippen LogP contribution >= 0.6 is 12.6 Å². The minimum atomic E-state index is -3.41. The van der Waals surface area contributed by atoms with Gasteiger partial charge in [-0.2, -0.15) is 21.0 Å². The second kappa shape index (κ2) is 8.34. The zero-order chi connectivity index (χ0) is 13.4. The molecule has 0 radical (unpaired) electrons. The van der Waals surface area contributed by atoms with E-state index in [0.717, 1.165) is 26.2 Å². The molecule has 1 saturated heterocycles. The van der Waals surface area contributed by atoms with Crippen molar-refractivity contribution in [2.75, 3.05) is 64.0 Å². The summed E-state index contributed by atoms with van der Waals surface area (Å²) >= 11 is 3.91. The molecule has 1 aliphatic rings. The molecule has 8 heteroatoms. The molecule has 0 aliphatic carbocycles. The molecule has 0 saturated carbocycles. The van der Waals surface area contributed by atoms with Crippen molar-refractivity contribution in [1.29, 1.82) is 0 Å². The average Bonchev–Trinajstić information content (AvgIpc) is 2.36. The first-order chi connectivity index (χ1) is 8.57. The molecule has 1 fully saturated rings. The molecule has 0 aromatic heterocycles. The Labute approximate surface area is 114 Å². The Morgan fingerprint density at radius 3 is 2.17 bits per heavy atom. The molecule has 6 nitrogen and oxygen atoms in total. The van der Waals surface area contributed by atoms with Gasteiger partial charge < -0.3 is 5.11 Å². The Bertz CT molecular complexity index is 316. The molecule has 1 aliphatic heterocycles. The molecule has 1 heterocycles. The van der Waals surface area contributed by atoms with Crippen molar-refractivity contribution in [1.82, 2.24) is 9.80 Å². The summed E-state index contributed by atoms with van der Waals surface area (Å²) < 4.78 is 27.7. The van der Waals surface area contributed by atoms with Crippen LogP contribution in [0.3, 0.4) is 0 Å². The first kappa shape index (κ1) is 16.2. The van der Waals surface area contributed by atoms with E-state index in [2.05, 4.69) is 22.4 Å². The highest BCUT2D eigenvalue weighted by Gasteiger charge is 2.19. The summed E-state index contributed by atoms with van der Waals surface area (Å²) in [6, 6.07) is 0. The number of aliphatic hydroxyl groups is 1. The summed E-state index contributed by atoms with van der Waals surface area (Å²) in [5.74, 6) is 0.430. The summed E-state index contributed by atoms with van der Waals surface area (Å²) in [6.45, 7) is 4.92. The highest BCUT2D eigenvalue weighted by atomic mass is 32.2. The molecule has 0 unspecified atom stereocenters. The van der Waals surface area contributed by atoms with Crippen LogP contribution in [0, 0.1) is 0 Å². The number of hydrogen-bond acceptors (Lipinski definition) is 7. The van der Waals surface area contributed by atoms with Gasteiger partial charge in [-0.15, -0.1) is 0 Å². The first-order valence-corrected chi connectivity index (χ1v) is 8.32. The molecule has 0 bridgehead atoms. The third-order valence-electron chi connectivity index (χ3n) is 2.89. The average molecular weight is 298 g/mol. The van der Waals surface area contributed by atoms with Crippen molar-refractivity contribution in [2.45, 2.75) is 0 Å². The summed E-state index contributed by atoms with van der Waals surface area (Å²) in [5.41, 5.74) is 0. The number of β-amino-alcohol motifs (C(OH)–C–C–N with tert-alkyl or cyclic N) is 1. The van der Waals surface area contributed by atoms with E-state index < -0.39 is 10.1 Å². The Balaban J connectivity index is 2.21. The van der Waals surface area contributed by atoms with E-state index >= 15 is 0 Å². The third kappa shape index (κ3) is 6.35. The zero-order valence-corrected chi connectivity index (χ0v) is 12.2. The first-order valence-electron chi connectivity index (χ1n) is 6.11. The van der Waals surface area contributed by atoms with Gasteiger partial charge in [0.25, 0.3) is 10.1 Å². The molecule has 0 aromatic carbocycles. The van der Waals surface area contributed by atoms with Gasteiger partial charge in [-0.1, -0.05) is 0 Å². The van der Waals surface area contributed by atoms with Crippen LogP contribution in [-0.2, 0) is 14.3 Å². The zero-order valence-electron chi connectivity index (χ0n) is 10.5. The maximum atomic E-state index is 11.5. The Hall–Kier alpha value is 0.140. The van der Waals surface area contributed by atoms with E-state index in [-0.39, 0.29) is 19.0 Å². The van der Waals surface area contributed by atoms with Gasteiger partial charge in [0.1, 0.15) is 0 Å². The maximum absolute atomic E-state index is 11.5. The third-order valence-corrected chi connectivity index (χ3v) is 4.28. The predicted molar refractivity (Wildman–Crippen MR) is 73.6 cm³/mol. The van der Waals surface area contributed by atoms with Gasteiger partial charge in [0.2, 0.25) is 0 Å². The van der Waals surface area contributed by atoms with Crippen LogP contribution in [0.2, 0.25) is 0 Å². The van der Waals surface area contributed by atoms with E-state index in [4.69, 9.17) is 9.29 Å². The number of thiol groups is 1. The standard InChI is InChI=1S/C10H22N2O4S2/c13-7-5-11-1-3-12(4-2-11)6-10-18(14,15)16-8-9-17/h13,17H,1-10H2. The molecular formula is C10H22N2O4S2. The van der Waals surface area contributed by atoms with Crippen molar-refractivity contribution in [2.24, 2.45) is 0 Å². The Morgan fingerprint density at radius 1 is 1.11 bits per heavy atom. The van der Waals surface area contributed by atoms with Crippen molar-refractivity contribution >= 4 is 22.7 Å². The van der Waals surface area contributed by atoms with Gasteiger partial charge in [0.05, 0.1) is 19.0 Å². The van der Waals surface area contributed by atoms with E-state index in [1.165, 1.54) is 0 Å². The summed E-state index contributed by atoms with van der Waals surface area (Å²) in [4.78, 5) is 4.28. The summed E-state index contributed by atoms with van der Waals surface area (Å²) in [7, 11) is -3.41. The van der Waals surface area contributed by atoms with Crippen molar-refractivity contribution in [3.05, 3.63) is 0 Å². The van der Waals surface area contributed by atoms with Crippen molar-refractivity contribution in [3.63, 3.8) is 0 Å². The normalized spacial score (nSPS) is 19.2. The largest absolute Gasteiger partial charge is 0.395 e. The number of nitrogens with zero attached hydrogens (tertiary/aromatic N) is 2. The molecule has 18 heavy (non-hydrogen) atoms. The van der Waals surface area contributed by atoms with Gasteiger partial charge in [0.15, 0.2) is 0 Å². The van der Waals surface area contributed by atoms with Crippen LogP contribution in [0.1, 0.15) is 0 Å². The topological polar surface area (TPSA) is 70.1 Å². The highest BCUT2D eigenvalue weighted by molar-refractivity contribution is 7.86. The molecule has 108 valence electrons. The summed E-state index contributed by atoms with van der Waals surface area (Å²) in [6.07, 6.45) is 0. The molecular weight excluding hydrogens is 276 g/mol. The fourth-order valence-corrected chi connectivity index (χ4v) is 2.99. The van der Waals surface area contributed by atoms with Crippen LogP contribution in [0.5, 0.6) is 0 Å². The Morgan fingerprint density at radius 2 is 1.67 bits per heavy atom. The minimum Gasteiger partial charge on any atom is -0.395 e. The lowest BCUT2D eigenvalue weighted by Crippen LogP contribution is -2.48. The van der Waals surface area contributed by atoms with Crippen LogP contribution in [0.15, 0.2) is 0 Å². The highest BCUT2D eigenvalue weighted by Crippen LogP contribution is 2.03. The van der Waals surface area contributed by atoms with Crippen LogP contribution in [0.4, 0.5) is 0 Å². The van der Waals surface area contributed by atoms with Crippen LogP contribution in [0.25, 0.3) is 0 Å². The van der Waals surface area contributed by atoms with Crippen LogP contribution < -0.4 is 0 Å². The number of aliphatic hydroxyl groups excluding tert-OH is 1. The smallest absolute Gasteiger partial charge is 0.268 e. The molecule has 1 N–H and O–H groups in total. The second-order valence-corrected chi connectivity index (χ2v) is 6.42. The van der Waals surface area contributed by atoms with E-state index in [1.54, 1.807) is 0 Å². The fourth-order valence-electron chi connectivity index (χ4n) is 1.84. The monoisotopic (exact) mass is 298 g/mol. The molecule has 0 atom stereocenters. The van der Waals surface area contributed by atoms with E-state index in [9.17, 15) is 8.42 Å². The van der Waals surface area contributed by atoms with Gasteiger partial charge in [-0.25, -0.2) is 0 Å². The molecule has 0 aromatic rings. The van der Waals surface area contributed by atoms with Gasteiger partial charge in [-0.3, -0.25) is 14.0 Å². The van der Waals surface area contributed by atoms with Crippen molar-refractivity contribution in [3.8, 4) is 0 Å². The SMILES string of the molecule is O=S(=O)(CCN1CCN(CCO)CC1)OCCS. The number of hydrogen-bond donors (Lipinski definition) is 2. The summed E-state index contributed by atoms with van der Waals surface area (Å²) in [5, 5.41) is 8.82. The second-order valence-electron chi connectivity index (χ2n) is 4.21. The number of piperazine rings is 1. The lowest BCUT2D eigenvalue weighted by atomic mass is 10.3. The van der Waals surface area contributed by atoms with Crippen molar-refractivity contribution < 1.29 is 17.7 Å². The molecule has 0 amide bonds. The lowest BCUT2D eigenvalue weighted by Gasteiger charge is -2.34. The van der Waals surface area contributed by atoms with Gasteiger partial charge in [0, 0.05) is 45.0 Å². The van der Waals surface area contributed by atoms with Gasteiger partial charge in [-0.05, 0) is 0 Å². The van der Waals surface area contributed by atoms with Gasteiger partial charge >= 0.3 is 0 Å². The molecule has 0 spiro atoms. The minimum absolute atomic E-state index is 0.0285. The number of rotatable bonds is 8. The predicted octanol–water partition coefficient (Wildman–Crippen LogP) is -1.13. The maximum Gasteiger partial charge on any atom is 0.268 e. The quantitative estimate of drug-likeness (QED) is 0.437. The lowest BCUT2D eigenvalue weighted by molar-refractivity contribution is 0.116.